The summed E-state index contributed by atoms with van der Waals surface area (Å²) in [6, 6.07) is 8.89. The molecule has 2 N–H and O–H groups in total. The van der Waals surface area contributed by atoms with E-state index < -0.39 is 5.91 Å². The molecule has 0 saturated heterocycles. The molecule has 9 nitrogen and oxygen atoms in total. The van der Waals surface area contributed by atoms with Crippen LogP contribution in [0.25, 0.3) is 5.65 Å². The van der Waals surface area contributed by atoms with Crippen LogP contribution in [0.15, 0.2) is 42.6 Å². The molecule has 6 rings (SSSR count). The Kier molecular flexibility index (Phi) is 6.19. The van der Waals surface area contributed by atoms with Gasteiger partial charge in [-0.2, -0.15) is 5.10 Å². The molecule has 2 aromatic heterocycles. The summed E-state index contributed by atoms with van der Waals surface area (Å²) in [5, 5.41) is 9.99. The summed E-state index contributed by atoms with van der Waals surface area (Å²) in [6.45, 7) is 0.683. The first-order valence-electron chi connectivity index (χ1n) is 12.1. The SMILES string of the molecule is COC(=O)C12CCC(CNC(=O)c3cc(C(=O)NCc4ccc(F)cc4)nc4ccnn34)(CC1)CC2. The first-order valence-corrected chi connectivity index (χ1v) is 12.1. The zero-order chi connectivity index (χ0) is 25.3. The van der Waals surface area contributed by atoms with Crippen molar-refractivity contribution in [2.24, 2.45) is 10.8 Å². The van der Waals surface area contributed by atoms with Crippen LogP contribution in [-0.2, 0) is 16.1 Å². The van der Waals surface area contributed by atoms with Crippen molar-refractivity contribution in [3.05, 3.63) is 65.4 Å². The van der Waals surface area contributed by atoms with E-state index >= 15 is 0 Å². The van der Waals surface area contributed by atoms with Crippen molar-refractivity contribution >= 4 is 23.4 Å². The minimum Gasteiger partial charge on any atom is -0.469 e. The molecule has 10 heteroatoms. The molecule has 2 heterocycles. The minimum atomic E-state index is -0.450. The largest absolute Gasteiger partial charge is 0.469 e. The fraction of sp³-hybridized carbons (Fsp3) is 0.423. The van der Waals surface area contributed by atoms with Crippen LogP contribution in [-0.4, -0.2) is 46.0 Å². The maximum atomic E-state index is 13.2. The number of hydrogen-bond acceptors (Lipinski definition) is 6. The van der Waals surface area contributed by atoms with Gasteiger partial charge in [0.15, 0.2) is 5.65 Å². The number of aromatic nitrogens is 3. The van der Waals surface area contributed by atoms with Gasteiger partial charge in [0.2, 0.25) is 0 Å². The van der Waals surface area contributed by atoms with Gasteiger partial charge in [0.05, 0.1) is 18.7 Å². The molecule has 3 aliphatic carbocycles. The number of carbonyl (C=O) groups is 3. The Bertz CT molecular complexity index is 1300. The molecular weight excluding hydrogens is 465 g/mol. The number of hydrogen-bond donors (Lipinski definition) is 2. The van der Waals surface area contributed by atoms with E-state index in [1.54, 1.807) is 18.2 Å². The lowest BCUT2D eigenvalue weighted by Crippen LogP contribution is -2.50. The molecule has 0 unspecified atom stereocenters. The van der Waals surface area contributed by atoms with Crippen molar-refractivity contribution in [1.82, 2.24) is 25.2 Å². The van der Waals surface area contributed by atoms with Gasteiger partial charge in [0.1, 0.15) is 17.2 Å². The Morgan fingerprint density at radius 1 is 1.00 bits per heavy atom. The van der Waals surface area contributed by atoms with E-state index in [4.69, 9.17) is 4.74 Å². The van der Waals surface area contributed by atoms with E-state index in [1.807, 2.05) is 0 Å². The van der Waals surface area contributed by atoms with Gasteiger partial charge in [-0.1, -0.05) is 12.1 Å². The maximum absolute atomic E-state index is 13.2. The van der Waals surface area contributed by atoms with Crippen LogP contribution < -0.4 is 10.6 Å². The Morgan fingerprint density at radius 2 is 1.69 bits per heavy atom. The summed E-state index contributed by atoms with van der Waals surface area (Å²) in [6.07, 6.45) is 6.39. The minimum absolute atomic E-state index is 0.0446. The van der Waals surface area contributed by atoms with Gasteiger partial charge in [-0.25, -0.2) is 13.9 Å². The van der Waals surface area contributed by atoms with Gasteiger partial charge in [-0.05, 0) is 61.6 Å². The van der Waals surface area contributed by atoms with Crippen molar-refractivity contribution < 1.29 is 23.5 Å². The fourth-order valence-corrected chi connectivity index (χ4v) is 5.48. The molecule has 0 atom stereocenters. The van der Waals surface area contributed by atoms with Crippen LogP contribution in [0.3, 0.4) is 0 Å². The van der Waals surface area contributed by atoms with Crippen LogP contribution in [0.2, 0.25) is 0 Å². The molecule has 0 spiro atoms. The van der Waals surface area contributed by atoms with Gasteiger partial charge in [-0.15, -0.1) is 0 Å². The summed E-state index contributed by atoms with van der Waals surface area (Å²) >= 11 is 0. The standard InChI is InChI=1S/C26H28FN5O4/c1-36-24(35)26-10-7-25(8-11-26,9-12-26)16-29-23(34)20-14-19(31-21-6-13-30-32(20)21)22(33)28-15-17-2-4-18(27)5-3-17/h2-6,13-14H,7-12,15-16H2,1H3,(H,28,33)(H,29,34). The summed E-state index contributed by atoms with van der Waals surface area (Å²) in [7, 11) is 1.44. The zero-order valence-corrected chi connectivity index (χ0v) is 20.1. The molecule has 0 radical (unpaired) electrons. The Hall–Kier alpha value is -3.82. The highest BCUT2D eigenvalue weighted by atomic mass is 19.1. The van der Waals surface area contributed by atoms with Gasteiger partial charge in [-0.3, -0.25) is 14.4 Å². The van der Waals surface area contributed by atoms with Crippen molar-refractivity contribution in [2.75, 3.05) is 13.7 Å². The number of halogens is 1. The van der Waals surface area contributed by atoms with Crippen LogP contribution in [0, 0.1) is 16.6 Å². The van der Waals surface area contributed by atoms with Crippen LogP contribution in [0.5, 0.6) is 0 Å². The number of fused-ring (bicyclic) bond motifs is 4. The second-order valence-electron chi connectivity index (χ2n) is 9.89. The van der Waals surface area contributed by atoms with Gasteiger partial charge < -0.3 is 15.4 Å². The second-order valence-corrected chi connectivity index (χ2v) is 9.89. The number of esters is 1. The van der Waals surface area contributed by atoms with Crippen LogP contribution in [0.4, 0.5) is 4.39 Å². The Morgan fingerprint density at radius 3 is 2.36 bits per heavy atom. The van der Waals surface area contributed by atoms with E-state index in [2.05, 4.69) is 20.7 Å². The van der Waals surface area contributed by atoms with E-state index in [0.29, 0.717) is 12.2 Å². The fourth-order valence-electron chi connectivity index (χ4n) is 5.48. The maximum Gasteiger partial charge on any atom is 0.311 e. The molecule has 1 aromatic carbocycles. The summed E-state index contributed by atoms with van der Waals surface area (Å²) < 4.78 is 19.6. The summed E-state index contributed by atoms with van der Waals surface area (Å²) in [5.74, 6) is -1.27. The molecule has 3 aromatic rings. The van der Waals surface area contributed by atoms with E-state index in [0.717, 1.165) is 44.1 Å². The van der Waals surface area contributed by atoms with Crippen LogP contribution in [0.1, 0.15) is 65.1 Å². The summed E-state index contributed by atoms with van der Waals surface area (Å²) in [5.41, 5.74) is 1.00. The molecule has 0 aliphatic heterocycles. The third-order valence-electron chi connectivity index (χ3n) is 7.83. The van der Waals surface area contributed by atoms with E-state index in [9.17, 15) is 18.8 Å². The first-order chi connectivity index (χ1) is 17.3. The predicted molar refractivity (Wildman–Crippen MR) is 127 cm³/mol. The molecule has 36 heavy (non-hydrogen) atoms. The van der Waals surface area contributed by atoms with Gasteiger partial charge in [0.25, 0.3) is 11.8 Å². The molecule has 2 amide bonds. The number of methoxy groups -OCH3 is 1. The second kappa shape index (κ2) is 9.33. The number of nitrogens with zero attached hydrogens (tertiary/aromatic N) is 3. The number of rotatable bonds is 7. The highest BCUT2D eigenvalue weighted by Crippen LogP contribution is 2.57. The number of amides is 2. The van der Waals surface area contributed by atoms with Gasteiger partial charge >= 0.3 is 5.97 Å². The first kappa shape index (κ1) is 23.9. The lowest BCUT2D eigenvalue weighted by Gasteiger charge is -2.51. The highest BCUT2D eigenvalue weighted by molar-refractivity contribution is 5.98. The number of nitrogens with one attached hydrogen (secondary N) is 2. The molecule has 2 bridgehead atoms. The van der Waals surface area contributed by atoms with E-state index in [-0.39, 0.29) is 46.5 Å². The molecule has 3 fully saturated rings. The Balaban J connectivity index is 1.27. The Labute approximate surface area is 207 Å². The quantitative estimate of drug-likeness (QED) is 0.489. The topological polar surface area (TPSA) is 115 Å². The van der Waals surface area contributed by atoms with Gasteiger partial charge in [0, 0.05) is 25.2 Å². The monoisotopic (exact) mass is 493 g/mol. The smallest absolute Gasteiger partial charge is 0.311 e. The molecule has 3 aliphatic rings. The van der Waals surface area contributed by atoms with Crippen LogP contribution >= 0.6 is 0 Å². The summed E-state index contributed by atoms with van der Waals surface area (Å²) in [4.78, 5) is 42.6. The van der Waals surface area contributed by atoms with Crippen molar-refractivity contribution in [2.45, 2.75) is 45.1 Å². The average Bonchev–Trinajstić information content (AvgIpc) is 3.40. The average molecular weight is 494 g/mol. The molecule has 3 saturated carbocycles. The lowest BCUT2D eigenvalue weighted by molar-refractivity contribution is -0.162. The highest BCUT2D eigenvalue weighted by Gasteiger charge is 2.53. The molecular formula is C26H28FN5O4. The number of ether oxygens (including phenoxy) is 1. The van der Waals surface area contributed by atoms with E-state index in [1.165, 1.54) is 36.0 Å². The van der Waals surface area contributed by atoms with Crippen molar-refractivity contribution in [3.8, 4) is 0 Å². The third kappa shape index (κ3) is 4.43. The molecule has 188 valence electrons. The normalized spacial score (nSPS) is 22.8. The van der Waals surface area contributed by atoms with Crippen molar-refractivity contribution in [1.29, 1.82) is 0 Å². The zero-order valence-electron chi connectivity index (χ0n) is 20.1. The third-order valence-corrected chi connectivity index (χ3v) is 7.83. The predicted octanol–water partition coefficient (Wildman–Crippen LogP) is 3.04. The lowest BCUT2D eigenvalue weighted by atomic mass is 9.53. The number of benzene rings is 1. The van der Waals surface area contributed by atoms with Crippen molar-refractivity contribution in [3.63, 3.8) is 0 Å². The number of carbonyl (C=O) groups excluding carboxylic acids is 3.